The first-order chi connectivity index (χ1) is 9.51. The molecule has 1 aromatic carbocycles. The monoisotopic (exact) mass is 276 g/mol. The second-order valence-corrected chi connectivity index (χ2v) is 4.45. The number of nitro benzene ring substituents is 1. The number of nitrogens with zero attached hydrogens (tertiary/aromatic N) is 3. The standard InChI is InChI=1S/C13H16N4O3/c1-9(10-7-14-16(2)8-10)15-12-5-4-11(20-3)6-13(12)17(18)19/h4-9,15H,1-3H3. The first-order valence-corrected chi connectivity index (χ1v) is 6.08. The zero-order valence-electron chi connectivity index (χ0n) is 11.5. The highest BCUT2D eigenvalue weighted by Gasteiger charge is 2.17. The number of hydrogen-bond acceptors (Lipinski definition) is 5. The number of aromatic nitrogens is 2. The summed E-state index contributed by atoms with van der Waals surface area (Å²) in [6.45, 7) is 1.92. The van der Waals surface area contributed by atoms with Crippen molar-refractivity contribution in [3.63, 3.8) is 0 Å². The van der Waals surface area contributed by atoms with E-state index in [9.17, 15) is 10.1 Å². The minimum Gasteiger partial charge on any atom is -0.496 e. The second kappa shape index (κ2) is 5.60. The number of anilines is 1. The molecule has 0 bridgehead atoms. The van der Waals surface area contributed by atoms with E-state index in [1.807, 2.05) is 20.2 Å². The van der Waals surface area contributed by atoms with Crippen LogP contribution in [0.3, 0.4) is 0 Å². The number of benzene rings is 1. The molecule has 20 heavy (non-hydrogen) atoms. The maximum Gasteiger partial charge on any atom is 0.296 e. The van der Waals surface area contributed by atoms with Gasteiger partial charge in [0, 0.05) is 18.8 Å². The molecular formula is C13H16N4O3. The molecule has 0 saturated carbocycles. The molecule has 7 nitrogen and oxygen atoms in total. The molecule has 0 saturated heterocycles. The Morgan fingerprint density at radius 3 is 2.80 bits per heavy atom. The van der Waals surface area contributed by atoms with E-state index in [4.69, 9.17) is 4.74 Å². The minimum atomic E-state index is -0.430. The van der Waals surface area contributed by atoms with Crippen molar-refractivity contribution < 1.29 is 9.66 Å². The van der Waals surface area contributed by atoms with Crippen molar-refractivity contribution >= 4 is 11.4 Å². The van der Waals surface area contributed by atoms with Crippen LogP contribution in [0.4, 0.5) is 11.4 Å². The van der Waals surface area contributed by atoms with Crippen LogP contribution in [-0.2, 0) is 7.05 Å². The number of hydrogen-bond donors (Lipinski definition) is 1. The van der Waals surface area contributed by atoms with Gasteiger partial charge in [-0.25, -0.2) is 0 Å². The van der Waals surface area contributed by atoms with Gasteiger partial charge in [0.25, 0.3) is 5.69 Å². The average Bonchev–Trinajstić information content (AvgIpc) is 2.85. The fourth-order valence-corrected chi connectivity index (χ4v) is 1.89. The molecule has 1 heterocycles. The van der Waals surface area contributed by atoms with E-state index in [2.05, 4.69) is 10.4 Å². The predicted molar refractivity (Wildman–Crippen MR) is 74.9 cm³/mol. The highest BCUT2D eigenvalue weighted by Crippen LogP contribution is 2.31. The number of ether oxygens (including phenoxy) is 1. The summed E-state index contributed by atoms with van der Waals surface area (Å²) in [4.78, 5) is 10.7. The second-order valence-electron chi connectivity index (χ2n) is 4.45. The molecule has 1 N–H and O–H groups in total. The van der Waals surface area contributed by atoms with E-state index in [-0.39, 0.29) is 11.7 Å². The topological polar surface area (TPSA) is 82.2 Å². The lowest BCUT2D eigenvalue weighted by molar-refractivity contribution is -0.384. The normalized spacial score (nSPS) is 11.9. The summed E-state index contributed by atoms with van der Waals surface area (Å²) in [5, 5.41) is 18.3. The van der Waals surface area contributed by atoms with Gasteiger partial charge in [0.15, 0.2) is 0 Å². The van der Waals surface area contributed by atoms with Crippen molar-refractivity contribution in [2.24, 2.45) is 7.05 Å². The molecule has 2 rings (SSSR count). The number of methoxy groups -OCH3 is 1. The summed E-state index contributed by atoms with van der Waals surface area (Å²) in [5.74, 6) is 0.455. The number of rotatable bonds is 5. The van der Waals surface area contributed by atoms with Gasteiger partial charge in [0.1, 0.15) is 11.4 Å². The Labute approximate surface area is 116 Å². The Bertz CT molecular complexity index is 624. The molecule has 2 aromatic rings. The number of nitrogens with one attached hydrogen (secondary N) is 1. The minimum absolute atomic E-state index is 0.0138. The van der Waals surface area contributed by atoms with Crippen molar-refractivity contribution in [1.29, 1.82) is 0 Å². The van der Waals surface area contributed by atoms with Crippen molar-refractivity contribution in [3.8, 4) is 5.75 Å². The van der Waals surface area contributed by atoms with Gasteiger partial charge in [0.2, 0.25) is 0 Å². The molecule has 0 aliphatic rings. The van der Waals surface area contributed by atoms with Gasteiger partial charge in [-0.05, 0) is 19.1 Å². The van der Waals surface area contributed by atoms with Gasteiger partial charge in [0.05, 0.1) is 30.3 Å². The molecule has 0 aliphatic heterocycles. The lowest BCUT2D eigenvalue weighted by Crippen LogP contribution is -2.08. The van der Waals surface area contributed by atoms with Crippen LogP contribution in [-0.4, -0.2) is 21.8 Å². The highest BCUT2D eigenvalue weighted by molar-refractivity contribution is 5.64. The Hall–Kier alpha value is -2.57. The maximum absolute atomic E-state index is 11.1. The summed E-state index contributed by atoms with van der Waals surface area (Å²) in [5.41, 5.74) is 1.39. The largest absolute Gasteiger partial charge is 0.496 e. The predicted octanol–water partition coefficient (Wildman–Crippen LogP) is 2.51. The van der Waals surface area contributed by atoms with Crippen LogP contribution in [0.25, 0.3) is 0 Å². The van der Waals surface area contributed by atoms with Crippen LogP contribution in [0.2, 0.25) is 0 Å². The van der Waals surface area contributed by atoms with Crippen molar-refractivity contribution in [2.75, 3.05) is 12.4 Å². The molecule has 0 aliphatic carbocycles. The summed E-state index contributed by atoms with van der Waals surface area (Å²) >= 11 is 0. The first-order valence-electron chi connectivity index (χ1n) is 6.08. The Morgan fingerprint density at radius 2 is 2.25 bits per heavy atom. The smallest absolute Gasteiger partial charge is 0.296 e. The summed E-state index contributed by atoms with van der Waals surface area (Å²) in [6.07, 6.45) is 3.60. The lowest BCUT2D eigenvalue weighted by Gasteiger charge is -2.14. The third-order valence-electron chi connectivity index (χ3n) is 3.00. The summed E-state index contributed by atoms with van der Waals surface area (Å²) < 4.78 is 6.70. The molecule has 1 unspecified atom stereocenters. The quantitative estimate of drug-likeness (QED) is 0.670. The first kappa shape index (κ1) is 13.9. The van der Waals surface area contributed by atoms with E-state index in [0.29, 0.717) is 11.4 Å². The van der Waals surface area contributed by atoms with Gasteiger partial charge >= 0.3 is 0 Å². The fraction of sp³-hybridized carbons (Fsp3) is 0.308. The molecule has 1 aromatic heterocycles. The van der Waals surface area contributed by atoms with Gasteiger partial charge in [-0.3, -0.25) is 14.8 Å². The molecule has 106 valence electrons. The van der Waals surface area contributed by atoms with E-state index >= 15 is 0 Å². The SMILES string of the molecule is COc1ccc(NC(C)c2cnn(C)c2)c([N+](=O)[O-])c1. The zero-order valence-corrected chi connectivity index (χ0v) is 11.5. The van der Waals surface area contributed by atoms with Crippen LogP contribution in [0, 0.1) is 10.1 Å². The van der Waals surface area contributed by atoms with Crippen LogP contribution < -0.4 is 10.1 Å². The summed E-state index contributed by atoms with van der Waals surface area (Å²) in [7, 11) is 3.30. The zero-order chi connectivity index (χ0) is 14.7. The van der Waals surface area contributed by atoms with Crippen LogP contribution in [0.15, 0.2) is 30.6 Å². The maximum atomic E-state index is 11.1. The van der Waals surface area contributed by atoms with Gasteiger partial charge in [-0.1, -0.05) is 0 Å². The van der Waals surface area contributed by atoms with Gasteiger partial charge in [-0.2, -0.15) is 5.10 Å². The van der Waals surface area contributed by atoms with Crippen molar-refractivity contribution in [2.45, 2.75) is 13.0 Å². The van der Waals surface area contributed by atoms with Gasteiger partial charge < -0.3 is 10.1 Å². The Balaban J connectivity index is 2.26. The molecule has 0 fully saturated rings. The number of nitro groups is 1. The molecule has 1 atom stereocenters. The molecule has 7 heteroatoms. The van der Waals surface area contributed by atoms with E-state index in [1.165, 1.54) is 13.2 Å². The molecule has 0 radical (unpaired) electrons. The van der Waals surface area contributed by atoms with Crippen molar-refractivity contribution in [1.82, 2.24) is 9.78 Å². The third kappa shape index (κ3) is 2.87. The summed E-state index contributed by atoms with van der Waals surface area (Å²) in [6, 6.07) is 4.64. The van der Waals surface area contributed by atoms with Crippen LogP contribution in [0.1, 0.15) is 18.5 Å². The Morgan fingerprint density at radius 1 is 1.50 bits per heavy atom. The fourth-order valence-electron chi connectivity index (χ4n) is 1.89. The van der Waals surface area contributed by atoms with Crippen LogP contribution >= 0.6 is 0 Å². The number of aryl methyl sites for hydroxylation is 1. The van der Waals surface area contributed by atoms with Crippen molar-refractivity contribution in [3.05, 3.63) is 46.3 Å². The van der Waals surface area contributed by atoms with Crippen LogP contribution in [0.5, 0.6) is 5.75 Å². The van der Waals surface area contributed by atoms with E-state index in [1.54, 1.807) is 23.0 Å². The Kier molecular flexibility index (Phi) is 3.88. The highest BCUT2D eigenvalue weighted by atomic mass is 16.6. The molecule has 0 spiro atoms. The lowest BCUT2D eigenvalue weighted by atomic mass is 10.1. The molecule has 0 amide bonds. The van der Waals surface area contributed by atoms with E-state index < -0.39 is 4.92 Å². The van der Waals surface area contributed by atoms with E-state index in [0.717, 1.165) is 5.56 Å². The third-order valence-corrected chi connectivity index (χ3v) is 3.00. The van der Waals surface area contributed by atoms with Gasteiger partial charge in [-0.15, -0.1) is 0 Å². The average molecular weight is 276 g/mol. The molecular weight excluding hydrogens is 260 g/mol.